The molecule has 0 aliphatic carbocycles. The Morgan fingerprint density at radius 1 is 1.15 bits per heavy atom. The number of nitrogens with zero attached hydrogens (tertiary/aromatic N) is 1. The van der Waals surface area contributed by atoms with Gasteiger partial charge in [-0.15, -0.1) is 0 Å². The maximum absolute atomic E-state index is 13.1. The summed E-state index contributed by atoms with van der Waals surface area (Å²) in [4.78, 5) is 12.5. The standard InChI is InChI=1S/C22H25N3O7S/c1-5-23-22(28)20-19(25-33(29,30)14-8-6-13(31-4)7-9-14)21(32-24-20)16-10-15(12(2)3)17(26)11-18(16)27/h6-12,25-27H,5H2,1-4H3,(H,23,28). The fourth-order valence-corrected chi connectivity index (χ4v) is 4.22. The summed E-state index contributed by atoms with van der Waals surface area (Å²) in [6.07, 6.45) is 0. The van der Waals surface area contributed by atoms with Crippen LogP contribution in [0, 0.1) is 0 Å². The number of ether oxygens (including phenoxy) is 1. The molecule has 10 nitrogen and oxygen atoms in total. The number of benzene rings is 2. The van der Waals surface area contributed by atoms with E-state index in [-0.39, 0.29) is 51.6 Å². The van der Waals surface area contributed by atoms with Crippen LogP contribution in [0.4, 0.5) is 5.69 Å². The van der Waals surface area contributed by atoms with Gasteiger partial charge in [0.25, 0.3) is 15.9 Å². The Bertz CT molecular complexity index is 1270. The number of rotatable bonds is 8. The summed E-state index contributed by atoms with van der Waals surface area (Å²) in [5.74, 6) is -0.988. The molecule has 0 saturated heterocycles. The number of phenolic OH excluding ortho intramolecular Hbond substituents is 2. The van der Waals surface area contributed by atoms with Crippen LogP contribution in [0.1, 0.15) is 42.7 Å². The molecular formula is C22H25N3O7S. The minimum absolute atomic E-state index is 0.0620. The van der Waals surface area contributed by atoms with Crippen molar-refractivity contribution < 1.29 is 32.7 Å². The number of anilines is 1. The lowest BCUT2D eigenvalue weighted by atomic mass is 9.97. The van der Waals surface area contributed by atoms with Crippen molar-refractivity contribution >= 4 is 21.6 Å². The summed E-state index contributed by atoms with van der Waals surface area (Å²) < 4.78 is 38.9. The number of carbonyl (C=O) groups excluding carboxylic acids is 1. The van der Waals surface area contributed by atoms with Gasteiger partial charge in [-0.25, -0.2) is 8.42 Å². The topological polar surface area (TPSA) is 151 Å². The van der Waals surface area contributed by atoms with Crippen LogP contribution in [0.25, 0.3) is 11.3 Å². The minimum atomic E-state index is -4.17. The molecule has 11 heteroatoms. The number of methoxy groups -OCH3 is 1. The number of aromatic hydroxyl groups is 2. The summed E-state index contributed by atoms with van der Waals surface area (Å²) in [7, 11) is -2.72. The minimum Gasteiger partial charge on any atom is -0.508 e. The Balaban J connectivity index is 2.16. The van der Waals surface area contributed by atoms with Crippen LogP contribution in [-0.4, -0.2) is 43.3 Å². The van der Waals surface area contributed by atoms with Crippen molar-refractivity contribution in [3.8, 4) is 28.6 Å². The Labute approximate surface area is 191 Å². The molecule has 0 radical (unpaired) electrons. The highest BCUT2D eigenvalue weighted by atomic mass is 32.2. The molecule has 0 saturated carbocycles. The lowest BCUT2D eigenvalue weighted by Crippen LogP contribution is -2.25. The molecule has 3 aromatic rings. The fourth-order valence-electron chi connectivity index (χ4n) is 3.15. The van der Waals surface area contributed by atoms with Crippen molar-refractivity contribution in [2.45, 2.75) is 31.6 Å². The van der Waals surface area contributed by atoms with Gasteiger partial charge in [0.15, 0.2) is 11.5 Å². The van der Waals surface area contributed by atoms with E-state index >= 15 is 0 Å². The van der Waals surface area contributed by atoms with E-state index in [0.29, 0.717) is 11.3 Å². The number of phenols is 2. The second-order valence-electron chi connectivity index (χ2n) is 7.46. The van der Waals surface area contributed by atoms with Crippen molar-refractivity contribution in [1.82, 2.24) is 10.5 Å². The van der Waals surface area contributed by atoms with E-state index in [1.807, 2.05) is 13.8 Å². The SMILES string of the molecule is CCNC(=O)c1noc(-c2cc(C(C)C)c(O)cc2O)c1NS(=O)(=O)c1ccc(OC)cc1. The number of sulfonamides is 1. The molecule has 0 spiro atoms. The van der Waals surface area contributed by atoms with Crippen LogP contribution in [0.3, 0.4) is 0 Å². The third kappa shape index (κ3) is 4.87. The molecule has 1 heterocycles. The van der Waals surface area contributed by atoms with Gasteiger partial charge >= 0.3 is 0 Å². The number of amides is 1. The van der Waals surface area contributed by atoms with E-state index in [0.717, 1.165) is 6.07 Å². The van der Waals surface area contributed by atoms with Crippen molar-refractivity contribution in [2.24, 2.45) is 0 Å². The van der Waals surface area contributed by atoms with Gasteiger partial charge in [0, 0.05) is 12.6 Å². The quantitative estimate of drug-likeness (QED) is 0.387. The molecule has 0 unspecified atom stereocenters. The van der Waals surface area contributed by atoms with Crippen molar-refractivity contribution in [3.63, 3.8) is 0 Å². The predicted octanol–water partition coefficient (Wildman–Crippen LogP) is 3.44. The number of nitrogens with one attached hydrogen (secondary N) is 2. The van der Waals surface area contributed by atoms with Crippen LogP contribution >= 0.6 is 0 Å². The third-order valence-electron chi connectivity index (χ3n) is 4.86. The smallest absolute Gasteiger partial charge is 0.275 e. The molecule has 0 fully saturated rings. The first kappa shape index (κ1) is 23.9. The average Bonchev–Trinajstić information content (AvgIpc) is 3.16. The summed E-state index contributed by atoms with van der Waals surface area (Å²) >= 11 is 0. The number of aromatic nitrogens is 1. The first-order valence-electron chi connectivity index (χ1n) is 10.1. The van der Waals surface area contributed by atoms with Crippen LogP contribution < -0.4 is 14.8 Å². The van der Waals surface area contributed by atoms with Gasteiger partial charge in [-0.3, -0.25) is 9.52 Å². The lowest BCUT2D eigenvalue weighted by molar-refractivity contribution is 0.0947. The summed E-state index contributed by atoms with van der Waals surface area (Å²) in [6.45, 7) is 5.64. The van der Waals surface area contributed by atoms with E-state index < -0.39 is 15.9 Å². The molecule has 0 atom stereocenters. The maximum Gasteiger partial charge on any atom is 0.275 e. The largest absolute Gasteiger partial charge is 0.508 e. The Morgan fingerprint density at radius 3 is 2.39 bits per heavy atom. The number of hydrogen-bond acceptors (Lipinski definition) is 8. The molecule has 176 valence electrons. The van der Waals surface area contributed by atoms with E-state index in [9.17, 15) is 23.4 Å². The van der Waals surface area contributed by atoms with Gasteiger partial charge in [-0.05, 0) is 48.7 Å². The molecule has 2 aromatic carbocycles. The van der Waals surface area contributed by atoms with Crippen LogP contribution in [0.15, 0.2) is 45.8 Å². The average molecular weight is 476 g/mol. The molecule has 33 heavy (non-hydrogen) atoms. The lowest BCUT2D eigenvalue weighted by Gasteiger charge is -2.13. The molecule has 0 aliphatic heterocycles. The van der Waals surface area contributed by atoms with Crippen molar-refractivity contribution in [1.29, 1.82) is 0 Å². The molecule has 0 bridgehead atoms. The fraction of sp³-hybridized carbons (Fsp3) is 0.273. The summed E-state index contributed by atoms with van der Waals surface area (Å²) in [5, 5.41) is 26.9. The van der Waals surface area contributed by atoms with Gasteiger partial charge < -0.3 is 24.8 Å². The summed E-state index contributed by atoms with van der Waals surface area (Å²) in [6, 6.07) is 8.23. The van der Waals surface area contributed by atoms with Gasteiger partial charge in [-0.2, -0.15) is 0 Å². The molecule has 1 aromatic heterocycles. The molecule has 0 aliphatic rings. The second kappa shape index (κ2) is 9.41. The second-order valence-corrected chi connectivity index (χ2v) is 9.14. The van der Waals surface area contributed by atoms with E-state index in [2.05, 4.69) is 15.2 Å². The highest BCUT2D eigenvalue weighted by molar-refractivity contribution is 7.92. The van der Waals surface area contributed by atoms with E-state index in [4.69, 9.17) is 9.26 Å². The van der Waals surface area contributed by atoms with Crippen molar-refractivity contribution in [2.75, 3.05) is 18.4 Å². The van der Waals surface area contributed by atoms with Gasteiger partial charge in [0.05, 0.1) is 17.6 Å². The van der Waals surface area contributed by atoms with Crippen LogP contribution in [0.5, 0.6) is 17.2 Å². The number of carbonyl (C=O) groups is 1. The molecule has 1 amide bonds. The van der Waals surface area contributed by atoms with Gasteiger partial charge in [0.1, 0.15) is 22.9 Å². The zero-order valence-electron chi connectivity index (χ0n) is 18.5. The summed E-state index contributed by atoms with van der Waals surface area (Å²) in [5.41, 5.74) is 0.00433. The number of hydrogen-bond donors (Lipinski definition) is 4. The zero-order valence-corrected chi connectivity index (χ0v) is 19.4. The normalized spacial score (nSPS) is 11.4. The van der Waals surface area contributed by atoms with E-state index in [1.165, 1.54) is 37.4 Å². The highest BCUT2D eigenvalue weighted by Crippen LogP contribution is 2.42. The van der Waals surface area contributed by atoms with E-state index in [1.54, 1.807) is 6.92 Å². The predicted molar refractivity (Wildman–Crippen MR) is 121 cm³/mol. The van der Waals surface area contributed by atoms with Crippen LogP contribution in [-0.2, 0) is 10.0 Å². The Hall–Kier alpha value is -3.73. The highest BCUT2D eigenvalue weighted by Gasteiger charge is 2.29. The Kier molecular flexibility index (Phi) is 6.82. The van der Waals surface area contributed by atoms with Crippen LogP contribution in [0.2, 0.25) is 0 Å². The molecule has 3 rings (SSSR count). The maximum atomic E-state index is 13.1. The van der Waals surface area contributed by atoms with Gasteiger partial charge in [0.2, 0.25) is 0 Å². The first-order valence-corrected chi connectivity index (χ1v) is 11.6. The Morgan fingerprint density at radius 2 is 1.82 bits per heavy atom. The third-order valence-corrected chi connectivity index (χ3v) is 6.23. The van der Waals surface area contributed by atoms with Gasteiger partial charge in [-0.1, -0.05) is 19.0 Å². The molecular weight excluding hydrogens is 450 g/mol. The van der Waals surface area contributed by atoms with Crippen molar-refractivity contribution in [3.05, 3.63) is 47.7 Å². The monoisotopic (exact) mass is 475 g/mol. The first-order chi connectivity index (χ1) is 15.6. The zero-order chi connectivity index (χ0) is 24.3. The molecule has 4 N–H and O–H groups in total.